The van der Waals surface area contributed by atoms with Gasteiger partial charge in [0.1, 0.15) is 0 Å². The molecule has 0 unspecified atom stereocenters. The van der Waals surface area contributed by atoms with Gasteiger partial charge in [0.15, 0.2) is 0 Å². The third kappa shape index (κ3) is 1.45. The summed E-state index contributed by atoms with van der Waals surface area (Å²) in [5.74, 6) is 0. The molecule has 2 aromatic carbocycles. The molecule has 4 aromatic rings. The fraction of sp³-hybridized carbons (Fsp3) is 0.0526. The van der Waals surface area contributed by atoms with Gasteiger partial charge in [-0.2, -0.15) is 0 Å². The second-order valence-electron chi connectivity index (χ2n) is 5.70. The summed E-state index contributed by atoms with van der Waals surface area (Å²) in [5, 5.41) is 2.86. The van der Waals surface area contributed by atoms with Crippen molar-refractivity contribution < 1.29 is 0 Å². The highest BCUT2D eigenvalue weighted by Gasteiger charge is 2.22. The fourth-order valence-corrected chi connectivity index (χ4v) is 3.32. The van der Waals surface area contributed by atoms with Crippen LogP contribution in [0.1, 0.15) is 5.56 Å². The van der Waals surface area contributed by atoms with Gasteiger partial charge in [-0.1, -0.05) is 36.4 Å². The number of rotatable bonds is 0. The molecule has 0 aliphatic carbocycles. The predicted octanol–water partition coefficient (Wildman–Crippen LogP) is 3.58. The van der Waals surface area contributed by atoms with Crippen LogP contribution in [0.4, 0.5) is 0 Å². The summed E-state index contributed by atoms with van der Waals surface area (Å²) in [4.78, 5) is 17.5. The lowest BCUT2D eigenvalue weighted by molar-refractivity contribution is 0.813. The molecule has 3 heterocycles. The molecule has 5 rings (SSSR count). The van der Waals surface area contributed by atoms with Gasteiger partial charge in [-0.05, 0) is 29.7 Å². The Kier molecular flexibility index (Phi) is 2.15. The van der Waals surface area contributed by atoms with E-state index in [2.05, 4.69) is 18.2 Å². The first-order valence-corrected chi connectivity index (χ1v) is 7.33. The SMILES string of the molecule is O=c1c2ccccc2cc2n1Cc1cc3ccccc3nc1-2. The Morgan fingerprint density at radius 3 is 2.59 bits per heavy atom. The molecule has 3 nitrogen and oxygen atoms in total. The molecule has 0 radical (unpaired) electrons. The smallest absolute Gasteiger partial charge is 0.259 e. The normalized spacial score (nSPS) is 12.5. The molecule has 0 saturated heterocycles. The van der Waals surface area contributed by atoms with Crippen molar-refractivity contribution in [3.63, 3.8) is 0 Å². The van der Waals surface area contributed by atoms with Crippen LogP contribution in [-0.4, -0.2) is 9.55 Å². The zero-order valence-corrected chi connectivity index (χ0v) is 11.8. The van der Waals surface area contributed by atoms with Crippen molar-refractivity contribution in [1.29, 1.82) is 0 Å². The summed E-state index contributed by atoms with van der Waals surface area (Å²) in [7, 11) is 0. The van der Waals surface area contributed by atoms with Crippen LogP contribution in [0.25, 0.3) is 33.1 Å². The molecule has 0 atom stereocenters. The molecule has 1 aliphatic rings. The Morgan fingerprint density at radius 1 is 0.909 bits per heavy atom. The van der Waals surface area contributed by atoms with Crippen molar-refractivity contribution >= 4 is 21.7 Å². The topological polar surface area (TPSA) is 34.9 Å². The van der Waals surface area contributed by atoms with Crippen molar-refractivity contribution in [2.24, 2.45) is 0 Å². The summed E-state index contributed by atoms with van der Waals surface area (Å²) in [6.07, 6.45) is 0. The second-order valence-corrected chi connectivity index (χ2v) is 5.70. The number of fused-ring (bicyclic) bond motifs is 5. The van der Waals surface area contributed by atoms with E-state index < -0.39 is 0 Å². The average molecular weight is 284 g/mol. The maximum Gasteiger partial charge on any atom is 0.259 e. The number of aromatic nitrogens is 2. The van der Waals surface area contributed by atoms with Crippen LogP contribution in [0, 0.1) is 0 Å². The molecule has 0 amide bonds. The maximum atomic E-state index is 12.7. The van der Waals surface area contributed by atoms with Crippen molar-refractivity contribution in [2.75, 3.05) is 0 Å². The van der Waals surface area contributed by atoms with Gasteiger partial charge in [-0.3, -0.25) is 4.79 Å². The third-order valence-corrected chi connectivity index (χ3v) is 4.39. The highest BCUT2D eigenvalue weighted by molar-refractivity contribution is 5.89. The van der Waals surface area contributed by atoms with Gasteiger partial charge in [0, 0.05) is 16.3 Å². The minimum atomic E-state index is 0.0650. The van der Waals surface area contributed by atoms with E-state index >= 15 is 0 Å². The molecule has 0 bridgehead atoms. The second kappa shape index (κ2) is 4.04. The molecule has 22 heavy (non-hydrogen) atoms. The fourth-order valence-electron chi connectivity index (χ4n) is 3.32. The van der Waals surface area contributed by atoms with Gasteiger partial charge >= 0.3 is 0 Å². The lowest BCUT2D eigenvalue weighted by Crippen LogP contribution is -2.18. The first-order chi connectivity index (χ1) is 10.8. The predicted molar refractivity (Wildman–Crippen MR) is 88.0 cm³/mol. The Bertz CT molecular complexity index is 1130. The van der Waals surface area contributed by atoms with Gasteiger partial charge < -0.3 is 4.57 Å². The zero-order chi connectivity index (χ0) is 14.7. The first kappa shape index (κ1) is 11.7. The maximum absolute atomic E-state index is 12.7. The molecule has 1 aliphatic heterocycles. The molecule has 0 N–H and O–H groups in total. The highest BCUT2D eigenvalue weighted by atomic mass is 16.1. The molecule has 0 fully saturated rings. The average Bonchev–Trinajstić information content (AvgIpc) is 2.91. The molecular weight excluding hydrogens is 272 g/mol. The Hall–Kier alpha value is -2.94. The Morgan fingerprint density at radius 2 is 1.68 bits per heavy atom. The Labute approximate surface area is 126 Å². The van der Waals surface area contributed by atoms with Crippen LogP contribution in [0.2, 0.25) is 0 Å². The summed E-state index contributed by atoms with van der Waals surface area (Å²) >= 11 is 0. The van der Waals surface area contributed by atoms with Crippen LogP contribution in [0.3, 0.4) is 0 Å². The van der Waals surface area contributed by atoms with Crippen molar-refractivity contribution in [1.82, 2.24) is 9.55 Å². The summed E-state index contributed by atoms with van der Waals surface area (Å²) in [6, 6.07) is 20.0. The van der Waals surface area contributed by atoms with E-state index in [0.717, 1.165) is 38.6 Å². The number of nitrogens with zero attached hydrogens (tertiary/aromatic N) is 2. The van der Waals surface area contributed by atoms with Gasteiger partial charge in [-0.15, -0.1) is 0 Å². The minimum absolute atomic E-state index is 0.0650. The van der Waals surface area contributed by atoms with Crippen molar-refractivity contribution in [2.45, 2.75) is 6.54 Å². The van der Waals surface area contributed by atoms with Crippen LogP contribution in [0.5, 0.6) is 0 Å². The Balaban J connectivity index is 1.90. The van der Waals surface area contributed by atoms with E-state index in [-0.39, 0.29) is 5.56 Å². The van der Waals surface area contributed by atoms with E-state index in [1.165, 1.54) is 0 Å². The molecule has 2 aromatic heterocycles. The summed E-state index contributed by atoms with van der Waals surface area (Å²) in [5.41, 5.74) is 4.00. The number of hydrogen-bond acceptors (Lipinski definition) is 2. The lowest BCUT2D eigenvalue weighted by Gasteiger charge is -2.05. The standard InChI is InChI=1S/C19H12N2O/c22-19-15-7-3-1-5-12(15)10-17-18-14(11-21(17)19)9-13-6-2-4-8-16(13)20-18/h1-10H,11H2. The van der Waals surface area contributed by atoms with Crippen molar-refractivity contribution in [3.8, 4) is 11.4 Å². The number of benzene rings is 2. The third-order valence-electron chi connectivity index (χ3n) is 4.39. The van der Waals surface area contributed by atoms with Crippen LogP contribution in [-0.2, 0) is 6.54 Å². The zero-order valence-electron chi connectivity index (χ0n) is 11.8. The largest absolute Gasteiger partial charge is 0.302 e. The molecular formula is C19H12N2O. The first-order valence-electron chi connectivity index (χ1n) is 7.33. The quantitative estimate of drug-likeness (QED) is 0.435. The molecule has 0 saturated carbocycles. The van der Waals surface area contributed by atoms with E-state index in [1.54, 1.807) is 0 Å². The van der Waals surface area contributed by atoms with Crippen LogP contribution < -0.4 is 5.56 Å². The van der Waals surface area contributed by atoms with Gasteiger partial charge in [0.2, 0.25) is 0 Å². The van der Waals surface area contributed by atoms with Crippen LogP contribution in [0.15, 0.2) is 65.5 Å². The number of hydrogen-bond donors (Lipinski definition) is 0. The van der Waals surface area contributed by atoms with Crippen LogP contribution >= 0.6 is 0 Å². The summed E-state index contributed by atoms with van der Waals surface area (Å²) in [6.45, 7) is 0.603. The van der Waals surface area contributed by atoms with Gasteiger partial charge in [0.25, 0.3) is 5.56 Å². The molecule has 104 valence electrons. The number of para-hydroxylation sites is 1. The van der Waals surface area contributed by atoms with E-state index in [0.29, 0.717) is 6.54 Å². The summed E-state index contributed by atoms with van der Waals surface area (Å²) < 4.78 is 1.83. The van der Waals surface area contributed by atoms with E-state index in [1.807, 2.05) is 47.0 Å². The monoisotopic (exact) mass is 284 g/mol. The van der Waals surface area contributed by atoms with Gasteiger partial charge in [-0.25, -0.2) is 4.98 Å². The number of pyridine rings is 2. The van der Waals surface area contributed by atoms with Crippen molar-refractivity contribution in [3.05, 3.63) is 76.6 Å². The highest BCUT2D eigenvalue weighted by Crippen LogP contribution is 2.32. The van der Waals surface area contributed by atoms with E-state index in [4.69, 9.17) is 4.98 Å². The minimum Gasteiger partial charge on any atom is -0.302 e. The molecule has 0 spiro atoms. The lowest BCUT2D eigenvalue weighted by atomic mass is 10.1. The van der Waals surface area contributed by atoms with E-state index in [9.17, 15) is 4.79 Å². The van der Waals surface area contributed by atoms with Gasteiger partial charge in [0.05, 0.1) is 23.4 Å². The molecule has 3 heteroatoms.